The summed E-state index contributed by atoms with van der Waals surface area (Å²) in [6, 6.07) is 10.6. The SMILES string of the molecule is Cc1cccnc1CN(Cc1ncccc1C)C1CCN(C(=O)c2nccc3c2C(C)CC=C3)CC1. The van der Waals surface area contributed by atoms with E-state index in [2.05, 4.69) is 64.9 Å². The van der Waals surface area contributed by atoms with Crippen LogP contribution in [0.1, 0.15) is 76.2 Å². The van der Waals surface area contributed by atoms with Gasteiger partial charge in [-0.05, 0) is 79.5 Å². The molecule has 1 aliphatic heterocycles. The van der Waals surface area contributed by atoms with Crippen LogP contribution in [0.2, 0.25) is 0 Å². The maximum absolute atomic E-state index is 13.6. The Labute approximate surface area is 214 Å². The lowest BCUT2D eigenvalue weighted by molar-refractivity contribution is 0.0582. The third-order valence-corrected chi connectivity index (χ3v) is 7.72. The quantitative estimate of drug-likeness (QED) is 0.477. The highest BCUT2D eigenvalue weighted by Crippen LogP contribution is 2.32. The second-order valence-electron chi connectivity index (χ2n) is 10.2. The molecule has 2 aliphatic rings. The second kappa shape index (κ2) is 10.7. The van der Waals surface area contributed by atoms with Gasteiger partial charge in [-0.15, -0.1) is 0 Å². The lowest BCUT2D eigenvalue weighted by atomic mass is 9.87. The van der Waals surface area contributed by atoms with E-state index < -0.39 is 0 Å². The van der Waals surface area contributed by atoms with Crippen molar-refractivity contribution in [3.8, 4) is 0 Å². The van der Waals surface area contributed by atoms with Crippen LogP contribution in [-0.4, -0.2) is 49.8 Å². The summed E-state index contributed by atoms with van der Waals surface area (Å²) in [6.45, 7) is 9.45. The van der Waals surface area contributed by atoms with E-state index in [0.717, 1.165) is 68.0 Å². The molecule has 0 saturated carbocycles. The molecule has 3 aromatic heterocycles. The Morgan fingerprint density at radius 1 is 0.944 bits per heavy atom. The molecule has 186 valence electrons. The van der Waals surface area contributed by atoms with E-state index in [1.54, 1.807) is 6.20 Å². The first-order chi connectivity index (χ1) is 17.5. The number of likely N-dealkylation sites (tertiary alicyclic amines) is 1. The van der Waals surface area contributed by atoms with Crippen molar-refractivity contribution in [3.05, 3.63) is 94.3 Å². The van der Waals surface area contributed by atoms with Gasteiger partial charge in [-0.25, -0.2) is 0 Å². The molecular weight excluding hydrogens is 446 g/mol. The monoisotopic (exact) mass is 481 g/mol. The standard InChI is InChI=1S/C30H35N5O/c1-21-8-5-14-31-26(21)19-35(20-27-22(2)9-6-15-32-27)25-12-17-34(18-13-25)30(36)29-28-23(3)7-4-10-24(28)11-16-33-29/h4-6,8-11,14-16,23,25H,7,12-13,17-20H2,1-3H3. The van der Waals surface area contributed by atoms with Gasteiger partial charge in [-0.1, -0.05) is 31.2 Å². The first kappa shape index (κ1) is 24.3. The zero-order valence-corrected chi connectivity index (χ0v) is 21.5. The fourth-order valence-electron chi connectivity index (χ4n) is 5.49. The normalized spacial score (nSPS) is 17.9. The average Bonchev–Trinajstić information content (AvgIpc) is 2.90. The molecule has 36 heavy (non-hydrogen) atoms. The molecule has 4 heterocycles. The Kier molecular flexibility index (Phi) is 7.23. The molecular formula is C30H35N5O. The predicted molar refractivity (Wildman–Crippen MR) is 142 cm³/mol. The van der Waals surface area contributed by atoms with E-state index >= 15 is 0 Å². The summed E-state index contributed by atoms with van der Waals surface area (Å²) < 4.78 is 0. The fraction of sp³-hybridized carbons (Fsp3) is 0.400. The van der Waals surface area contributed by atoms with Gasteiger partial charge in [0.1, 0.15) is 5.69 Å². The van der Waals surface area contributed by atoms with Crippen LogP contribution in [0.5, 0.6) is 0 Å². The molecule has 1 unspecified atom stereocenters. The summed E-state index contributed by atoms with van der Waals surface area (Å²) in [7, 11) is 0. The number of pyridine rings is 3. The van der Waals surface area contributed by atoms with Gasteiger partial charge >= 0.3 is 0 Å². The number of nitrogens with zero attached hydrogens (tertiary/aromatic N) is 5. The van der Waals surface area contributed by atoms with Gasteiger partial charge in [-0.2, -0.15) is 0 Å². The largest absolute Gasteiger partial charge is 0.337 e. The molecule has 1 amide bonds. The van der Waals surface area contributed by atoms with E-state index in [1.165, 1.54) is 11.1 Å². The van der Waals surface area contributed by atoms with Gasteiger partial charge in [0.2, 0.25) is 0 Å². The van der Waals surface area contributed by atoms with Crippen molar-refractivity contribution in [3.63, 3.8) is 0 Å². The summed E-state index contributed by atoms with van der Waals surface area (Å²) in [5.41, 5.74) is 7.48. The van der Waals surface area contributed by atoms with Gasteiger partial charge in [0.25, 0.3) is 5.91 Å². The van der Waals surface area contributed by atoms with Crippen molar-refractivity contribution in [2.45, 2.75) is 65.1 Å². The van der Waals surface area contributed by atoms with Crippen LogP contribution in [-0.2, 0) is 13.1 Å². The first-order valence-electron chi connectivity index (χ1n) is 13.0. The highest BCUT2D eigenvalue weighted by Gasteiger charge is 2.31. The number of amides is 1. The van der Waals surface area contributed by atoms with Crippen LogP contribution in [0, 0.1) is 13.8 Å². The minimum absolute atomic E-state index is 0.0696. The zero-order chi connectivity index (χ0) is 25.1. The summed E-state index contributed by atoms with van der Waals surface area (Å²) >= 11 is 0. The molecule has 0 aromatic carbocycles. The summed E-state index contributed by atoms with van der Waals surface area (Å²) in [5.74, 6) is 0.383. The van der Waals surface area contributed by atoms with E-state index in [1.807, 2.05) is 35.5 Å². The minimum Gasteiger partial charge on any atom is -0.337 e. The molecule has 6 nitrogen and oxygen atoms in total. The summed E-state index contributed by atoms with van der Waals surface area (Å²) in [4.78, 5) is 32.0. The number of aryl methyl sites for hydroxylation is 2. The van der Waals surface area contributed by atoms with Crippen LogP contribution >= 0.6 is 0 Å². The van der Waals surface area contributed by atoms with Gasteiger partial charge in [0, 0.05) is 50.8 Å². The molecule has 0 spiro atoms. The number of carbonyl (C=O) groups is 1. The average molecular weight is 482 g/mol. The van der Waals surface area contributed by atoms with E-state index in [0.29, 0.717) is 17.7 Å². The van der Waals surface area contributed by atoms with Crippen LogP contribution in [0.25, 0.3) is 6.08 Å². The summed E-state index contributed by atoms with van der Waals surface area (Å²) in [5, 5.41) is 0. The number of aromatic nitrogens is 3. The topological polar surface area (TPSA) is 62.2 Å². The van der Waals surface area contributed by atoms with Crippen molar-refractivity contribution in [2.75, 3.05) is 13.1 Å². The van der Waals surface area contributed by atoms with E-state index in [9.17, 15) is 4.79 Å². The predicted octanol–water partition coefficient (Wildman–Crippen LogP) is 5.32. The van der Waals surface area contributed by atoms with Crippen LogP contribution in [0.15, 0.2) is 55.0 Å². The van der Waals surface area contributed by atoms with Crippen LogP contribution in [0.3, 0.4) is 0 Å². The number of hydrogen-bond donors (Lipinski definition) is 0. The van der Waals surface area contributed by atoms with Crippen molar-refractivity contribution in [1.82, 2.24) is 24.8 Å². The van der Waals surface area contributed by atoms with Gasteiger partial charge in [0.15, 0.2) is 0 Å². The Morgan fingerprint density at radius 3 is 2.19 bits per heavy atom. The van der Waals surface area contributed by atoms with Gasteiger partial charge < -0.3 is 4.90 Å². The lowest BCUT2D eigenvalue weighted by Gasteiger charge is -2.39. The third kappa shape index (κ3) is 5.09. The highest BCUT2D eigenvalue weighted by molar-refractivity contribution is 5.95. The molecule has 1 fully saturated rings. The molecule has 0 N–H and O–H groups in total. The number of rotatable bonds is 6. The molecule has 0 radical (unpaired) electrons. The van der Waals surface area contributed by atoms with Gasteiger partial charge in [-0.3, -0.25) is 24.6 Å². The van der Waals surface area contributed by atoms with E-state index in [-0.39, 0.29) is 5.91 Å². The first-order valence-corrected chi connectivity index (χ1v) is 13.0. The molecule has 1 atom stereocenters. The molecule has 1 aliphatic carbocycles. The number of hydrogen-bond acceptors (Lipinski definition) is 5. The number of allylic oxidation sites excluding steroid dienone is 1. The smallest absolute Gasteiger partial charge is 0.272 e. The van der Waals surface area contributed by atoms with Crippen molar-refractivity contribution >= 4 is 12.0 Å². The minimum atomic E-state index is 0.0696. The van der Waals surface area contributed by atoms with Crippen LogP contribution in [0.4, 0.5) is 0 Å². The molecule has 3 aromatic rings. The number of piperidine rings is 1. The fourth-order valence-corrected chi connectivity index (χ4v) is 5.49. The maximum Gasteiger partial charge on any atom is 0.272 e. The molecule has 5 rings (SSSR count). The van der Waals surface area contributed by atoms with Gasteiger partial charge in [0.05, 0.1) is 11.4 Å². The third-order valence-electron chi connectivity index (χ3n) is 7.72. The van der Waals surface area contributed by atoms with Crippen molar-refractivity contribution < 1.29 is 4.79 Å². The van der Waals surface area contributed by atoms with Crippen molar-refractivity contribution in [2.24, 2.45) is 0 Å². The number of carbonyl (C=O) groups excluding carboxylic acids is 1. The lowest BCUT2D eigenvalue weighted by Crippen LogP contribution is -2.47. The Hall–Kier alpha value is -3.38. The Balaban J connectivity index is 1.33. The maximum atomic E-state index is 13.6. The molecule has 0 bridgehead atoms. The Morgan fingerprint density at radius 2 is 1.58 bits per heavy atom. The highest BCUT2D eigenvalue weighted by atomic mass is 16.2. The zero-order valence-electron chi connectivity index (χ0n) is 21.5. The van der Waals surface area contributed by atoms with Crippen molar-refractivity contribution in [1.29, 1.82) is 0 Å². The molecule has 1 saturated heterocycles. The second-order valence-corrected chi connectivity index (χ2v) is 10.2. The number of fused-ring (bicyclic) bond motifs is 1. The summed E-state index contributed by atoms with van der Waals surface area (Å²) in [6.07, 6.45) is 12.6. The Bertz CT molecular complexity index is 1210. The van der Waals surface area contributed by atoms with Crippen LogP contribution < -0.4 is 0 Å². The molecule has 6 heteroatoms. The van der Waals surface area contributed by atoms with E-state index in [4.69, 9.17) is 0 Å².